The Bertz CT molecular complexity index is 829. The predicted octanol–water partition coefficient (Wildman–Crippen LogP) is 5.05. The van der Waals surface area contributed by atoms with E-state index in [0.29, 0.717) is 33.2 Å². The van der Waals surface area contributed by atoms with Crippen LogP contribution < -0.4 is 10.6 Å². The molecule has 122 valence electrons. The van der Waals surface area contributed by atoms with E-state index >= 15 is 0 Å². The standard InChI is InChI=1S/C17H14Cl2N4S/c18-13-8-14(19)10-15(9-13)20-17(24)21-16-6-7-23(22-16)11-12-4-2-1-3-5-12/h1-10H,11H2,(H2,20,21,22,24). The van der Waals surface area contributed by atoms with Gasteiger partial charge in [0, 0.05) is 28.0 Å². The molecule has 0 atom stereocenters. The van der Waals surface area contributed by atoms with E-state index in [0.717, 1.165) is 0 Å². The van der Waals surface area contributed by atoms with Crippen molar-refractivity contribution in [2.24, 2.45) is 0 Å². The van der Waals surface area contributed by atoms with Crippen molar-refractivity contribution in [2.45, 2.75) is 6.54 Å². The van der Waals surface area contributed by atoms with Crippen LogP contribution in [0.1, 0.15) is 5.56 Å². The van der Waals surface area contributed by atoms with Crippen LogP contribution in [0.15, 0.2) is 60.8 Å². The summed E-state index contributed by atoms with van der Waals surface area (Å²) in [7, 11) is 0. The van der Waals surface area contributed by atoms with E-state index in [2.05, 4.69) is 27.9 Å². The minimum atomic E-state index is 0.415. The third-order valence-corrected chi connectivity index (χ3v) is 3.83. The summed E-state index contributed by atoms with van der Waals surface area (Å²) in [4.78, 5) is 0. The molecule has 0 radical (unpaired) electrons. The summed E-state index contributed by atoms with van der Waals surface area (Å²) in [6, 6.07) is 17.1. The van der Waals surface area contributed by atoms with Crippen molar-refractivity contribution in [2.75, 3.05) is 10.6 Å². The van der Waals surface area contributed by atoms with Crippen LogP contribution in [-0.4, -0.2) is 14.9 Å². The van der Waals surface area contributed by atoms with Gasteiger partial charge in [0.1, 0.15) is 0 Å². The molecule has 0 aliphatic rings. The number of nitrogens with zero attached hydrogens (tertiary/aromatic N) is 2. The van der Waals surface area contributed by atoms with Crippen molar-refractivity contribution in [3.63, 3.8) is 0 Å². The van der Waals surface area contributed by atoms with Crippen molar-refractivity contribution in [1.29, 1.82) is 0 Å². The van der Waals surface area contributed by atoms with Gasteiger partial charge in [-0.25, -0.2) is 0 Å². The molecule has 3 rings (SSSR count). The maximum absolute atomic E-state index is 5.97. The maximum Gasteiger partial charge on any atom is 0.176 e. The average molecular weight is 377 g/mol. The number of aromatic nitrogens is 2. The fraction of sp³-hybridized carbons (Fsp3) is 0.0588. The van der Waals surface area contributed by atoms with Crippen molar-refractivity contribution >= 4 is 52.0 Å². The molecule has 0 aliphatic carbocycles. The van der Waals surface area contributed by atoms with Gasteiger partial charge in [-0.1, -0.05) is 53.5 Å². The van der Waals surface area contributed by atoms with Gasteiger partial charge in [-0.2, -0.15) is 5.10 Å². The van der Waals surface area contributed by atoms with Crippen LogP contribution in [0.3, 0.4) is 0 Å². The van der Waals surface area contributed by atoms with Gasteiger partial charge in [-0.05, 0) is 36.0 Å². The van der Waals surface area contributed by atoms with E-state index in [1.807, 2.05) is 35.1 Å². The molecular formula is C17H14Cl2N4S. The topological polar surface area (TPSA) is 41.9 Å². The molecule has 0 unspecified atom stereocenters. The molecule has 0 saturated carbocycles. The largest absolute Gasteiger partial charge is 0.332 e. The van der Waals surface area contributed by atoms with Gasteiger partial charge in [-0.15, -0.1) is 0 Å². The first-order chi connectivity index (χ1) is 11.6. The first kappa shape index (κ1) is 16.8. The smallest absolute Gasteiger partial charge is 0.176 e. The van der Waals surface area contributed by atoms with Crippen LogP contribution in [0.25, 0.3) is 0 Å². The molecule has 0 fully saturated rings. The lowest BCUT2D eigenvalue weighted by atomic mass is 10.2. The van der Waals surface area contributed by atoms with Crippen LogP contribution in [0, 0.1) is 0 Å². The number of rotatable bonds is 4. The van der Waals surface area contributed by atoms with Crippen LogP contribution >= 0.6 is 35.4 Å². The number of nitrogens with one attached hydrogen (secondary N) is 2. The molecular weight excluding hydrogens is 363 g/mol. The van der Waals surface area contributed by atoms with Gasteiger partial charge in [-0.3, -0.25) is 4.68 Å². The van der Waals surface area contributed by atoms with Gasteiger partial charge in [0.25, 0.3) is 0 Å². The van der Waals surface area contributed by atoms with Gasteiger partial charge in [0.2, 0.25) is 0 Å². The van der Waals surface area contributed by atoms with Gasteiger partial charge < -0.3 is 10.6 Å². The van der Waals surface area contributed by atoms with Crippen LogP contribution in [0.4, 0.5) is 11.5 Å². The Labute approximate surface area is 155 Å². The number of benzene rings is 2. The molecule has 4 nitrogen and oxygen atoms in total. The van der Waals surface area contributed by atoms with Gasteiger partial charge in [0.15, 0.2) is 10.9 Å². The molecule has 0 amide bonds. The molecule has 1 heterocycles. The SMILES string of the molecule is S=C(Nc1cc(Cl)cc(Cl)c1)Nc1ccn(Cc2ccccc2)n1. The lowest BCUT2D eigenvalue weighted by Crippen LogP contribution is -2.19. The van der Waals surface area contributed by atoms with Crippen LogP contribution in [0.5, 0.6) is 0 Å². The molecule has 7 heteroatoms. The Morgan fingerprint density at radius 2 is 1.71 bits per heavy atom. The molecule has 1 aromatic heterocycles. The fourth-order valence-corrected chi connectivity index (χ4v) is 2.94. The predicted molar refractivity (Wildman–Crippen MR) is 104 cm³/mol. The maximum atomic E-state index is 5.97. The van der Waals surface area contributed by atoms with Crippen molar-refractivity contribution in [1.82, 2.24) is 9.78 Å². The highest BCUT2D eigenvalue weighted by molar-refractivity contribution is 7.80. The summed E-state index contributed by atoms with van der Waals surface area (Å²) < 4.78 is 1.84. The van der Waals surface area contributed by atoms with Crippen molar-refractivity contribution in [3.05, 3.63) is 76.4 Å². The summed E-state index contributed by atoms with van der Waals surface area (Å²) in [5, 5.41) is 12.0. The first-order valence-corrected chi connectivity index (χ1v) is 8.36. The van der Waals surface area contributed by atoms with Crippen molar-refractivity contribution in [3.8, 4) is 0 Å². The normalized spacial score (nSPS) is 10.4. The quantitative estimate of drug-likeness (QED) is 0.625. The highest BCUT2D eigenvalue weighted by Crippen LogP contribution is 2.22. The molecule has 0 spiro atoms. The van der Waals surface area contributed by atoms with Crippen molar-refractivity contribution < 1.29 is 0 Å². The number of halogens is 2. The van der Waals surface area contributed by atoms with E-state index < -0.39 is 0 Å². The zero-order chi connectivity index (χ0) is 16.9. The lowest BCUT2D eigenvalue weighted by Gasteiger charge is -2.09. The highest BCUT2D eigenvalue weighted by atomic mass is 35.5. The lowest BCUT2D eigenvalue weighted by molar-refractivity contribution is 0.690. The van der Waals surface area contributed by atoms with E-state index in [-0.39, 0.29) is 0 Å². The zero-order valence-electron chi connectivity index (χ0n) is 12.5. The second-order valence-corrected chi connectivity index (χ2v) is 6.40. The number of hydrogen-bond acceptors (Lipinski definition) is 2. The summed E-state index contributed by atoms with van der Waals surface area (Å²) in [6.07, 6.45) is 1.90. The fourth-order valence-electron chi connectivity index (χ4n) is 2.19. The van der Waals surface area contributed by atoms with E-state index in [4.69, 9.17) is 35.4 Å². The second-order valence-electron chi connectivity index (χ2n) is 5.12. The van der Waals surface area contributed by atoms with Crippen LogP contribution in [-0.2, 0) is 6.54 Å². The second kappa shape index (κ2) is 7.66. The number of thiocarbonyl (C=S) groups is 1. The van der Waals surface area contributed by atoms with E-state index in [1.165, 1.54) is 5.56 Å². The molecule has 0 saturated heterocycles. The minimum absolute atomic E-state index is 0.415. The summed E-state index contributed by atoms with van der Waals surface area (Å²) in [5.74, 6) is 0.663. The zero-order valence-corrected chi connectivity index (χ0v) is 14.9. The number of hydrogen-bond donors (Lipinski definition) is 2. The molecule has 2 aromatic carbocycles. The minimum Gasteiger partial charge on any atom is -0.332 e. The highest BCUT2D eigenvalue weighted by Gasteiger charge is 2.04. The average Bonchev–Trinajstić information content (AvgIpc) is 2.94. The number of anilines is 2. The third kappa shape index (κ3) is 4.71. The molecule has 0 bridgehead atoms. The third-order valence-electron chi connectivity index (χ3n) is 3.19. The van der Waals surface area contributed by atoms with E-state index in [9.17, 15) is 0 Å². The Morgan fingerprint density at radius 1 is 1.00 bits per heavy atom. The summed E-state index contributed by atoms with van der Waals surface area (Å²) in [6.45, 7) is 0.701. The molecule has 2 N–H and O–H groups in total. The summed E-state index contributed by atoms with van der Waals surface area (Å²) >= 11 is 17.2. The van der Waals surface area contributed by atoms with Crippen LogP contribution in [0.2, 0.25) is 10.0 Å². The monoisotopic (exact) mass is 376 g/mol. The van der Waals surface area contributed by atoms with E-state index in [1.54, 1.807) is 18.2 Å². The Balaban J connectivity index is 1.61. The Morgan fingerprint density at radius 3 is 2.42 bits per heavy atom. The molecule has 0 aliphatic heterocycles. The molecule has 3 aromatic rings. The molecule has 24 heavy (non-hydrogen) atoms. The Kier molecular flexibility index (Phi) is 5.35. The Hall–Kier alpha value is -2.08. The first-order valence-electron chi connectivity index (χ1n) is 7.20. The van der Waals surface area contributed by atoms with Gasteiger partial charge >= 0.3 is 0 Å². The summed E-state index contributed by atoms with van der Waals surface area (Å²) in [5.41, 5.74) is 1.90. The van der Waals surface area contributed by atoms with Gasteiger partial charge in [0.05, 0.1) is 6.54 Å².